The minimum Gasteiger partial charge on any atom is -0.465 e. The predicted octanol–water partition coefficient (Wildman–Crippen LogP) is 3.01. The van der Waals surface area contributed by atoms with E-state index in [0.717, 1.165) is 54.5 Å². The average molecular weight is 344 g/mol. The lowest BCUT2D eigenvalue weighted by Crippen LogP contribution is -2.46. The van der Waals surface area contributed by atoms with E-state index in [9.17, 15) is 0 Å². The summed E-state index contributed by atoms with van der Waals surface area (Å²) in [6.07, 6.45) is 1.67. The molecule has 1 aliphatic rings. The molecule has 4 rings (SSSR count). The van der Waals surface area contributed by atoms with E-state index in [-0.39, 0.29) is 0 Å². The van der Waals surface area contributed by atoms with Crippen LogP contribution in [0.25, 0.3) is 10.2 Å². The number of hydrogen-bond donors (Lipinski definition) is 0. The fourth-order valence-corrected chi connectivity index (χ4v) is 3.76. The maximum Gasteiger partial charge on any atom is 0.284 e. The van der Waals surface area contributed by atoms with E-state index in [2.05, 4.69) is 31.2 Å². The molecule has 4 heterocycles. The van der Waals surface area contributed by atoms with E-state index >= 15 is 0 Å². The third-order valence-electron chi connectivity index (χ3n) is 4.22. The molecule has 0 radical (unpaired) electrons. The van der Waals surface area contributed by atoms with E-state index < -0.39 is 0 Å². The van der Waals surface area contributed by atoms with Crippen LogP contribution in [0.3, 0.4) is 0 Å². The normalized spacial score (nSPS) is 16.0. The molecule has 6 nitrogen and oxygen atoms in total. The van der Waals surface area contributed by atoms with Gasteiger partial charge in [0, 0.05) is 32.2 Å². The molecule has 3 aromatic rings. The SMILES string of the molecule is CCOc1ccc(CN2CCN(c3ncnc4sccc34)CC2)o1. The van der Waals surface area contributed by atoms with Gasteiger partial charge in [0.05, 0.1) is 18.5 Å². The quantitative estimate of drug-likeness (QED) is 0.709. The summed E-state index contributed by atoms with van der Waals surface area (Å²) in [6.45, 7) is 7.29. The zero-order chi connectivity index (χ0) is 16.4. The highest BCUT2D eigenvalue weighted by Gasteiger charge is 2.21. The Morgan fingerprint density at radius 3 is 2.88 bits per heavy atom. The van der Waals surface area contributed by atoms with Crippen LogP contribution in [0, 0.1) is 0 Å². The Bertz CT molecular complexity index is 808. The molecule has 0 unspecified atom stereocenters. The highest BCUT2D eigenvalue weighted by atomic mass is 32.1. The number of piperazine rings is 1. The molecule has 0 atom stereocenters. The Balaban J connectivity index is 1.38. The van der Waals surface area contributed by atoms with Crippen molar-refractivity contribution >= 4 is 27.4 Å². The van der Waals surface area contributed by atoms with Crippen molar-refractivity contribution in [2.75, 3.05) is 37.7 Å². The third-order valence-corrected chi connectivity index (χ3v) is 5.04. The van der Waals surface area contributed by atoms with Gasteiger partial charge in [0.2, 0.25) is 0 Å². The number of ether oxygens (including phenoxy) is 1. The van der Waals surface area contributed by atoms with Crippen molar-refractivity contribution in [1.82, 2.24) is 14.9 Å². The van der Waals surface area contributed by atoms with Gasteiger partial charge in [-0.25, -0.2) is 9.97 Å². The molecule has 3 aromatic heterocycles. The number of aromatic nitrogens is 2. The maximum atomic E-state index is 5.69. The molecule has 1 fully saturated rings. The highest BCUT2D eigenvalue weighted by Crippen LogP contribution is 2.27. The van der Waals surface area contributed by atoms with Crippen molar-refractivity contribution in [3.63, 3.8) is 0 Å². The summed E-state index contributed by atoms with van der Waals surface area (Å²) < 4.78 is 11.1. The number of thiophene rings is 1. The molecule has 0 aliphatic carbocycles. The minimum absolute atomic E-state index is 0.604. The molecule has 1 aliphatic heterocycles. The van der Waals surface area contributed by atoms with Crippen molar-refractivity contribution in [1.29, 1.82) is 0 Å². The summed E-state index contributed by atoms with van der Waals surface area (Å²) in [5, 5.41) is 3.23. The lowest BCUT2D eigenvalue weighted by Gasteiger charge is -2.35. The molecule has 0 bridgehead atoms. The summed E-state index contributed by atoms with van der Waals surface area (Å²) >= 11 is 1.66. The van der Waals surface area contributed by atoms with E-state index in [1.54, 1.807) is 17.7 Å². The average Bonchev–Trinajstić information content (AvgIpc) is 3.25. The monoisotopic (exact) mass is 344 g/mol. The molecular formula is C17H20N4O2S. The van der Waals surface area contributed by atoms with Crippen LogP contribution >= 0.6 is 11.3 Å². The van der Waals surface area contributed by atoms with Crippen LogP contribution in [0.5, 0.6) is 5.95 Å². The second-order valence-corrected chi connectivity index (χ2v) is 6.65. The number of fused-ring (bicyclic) bond motifs is 1. The van der Waals surface area contributed by atoms with Gasteiger partial charge >= 0.3 is 0 Å². The van der Waals surface area contributed by atoms with Crippen molar-refractivity contribution < 1.29 is 9.15 Å². The first-order chi connectivity index (χ1) is 11.8. The summed E-state index contributed by atoms with van der Waals surface area (Å²) in [7, 11) is 0. The van der Waals surface area contributed by atoms with Gasteiger partial charge in [-0.15, -0.1) is 11.3 Å². The zero-order valence-electron chi connectivity index (χ0n) is 13.6. The molecule has 1 saturated heterocycles. The van der Waals surface area contributed by atoms with Crippen LogP contribution in [-0.2, 0) is 6.54 Å². The molecule has 0 saturated carbocycles. The smallest absolute Gasteiger partial charge is 0.284 e. The Morgan fingerprint density at radius 1 is 1.17 bits per heavy atom. The van der Waals surface area contributed by atoms with Gasteiger partial charge in [-0.2, -0.15) is 0 Å². The van der Waals surface area contributed by atoms with Crippen LogP contribution in [0.4, 0.5) is 5.82 Å². The fraction of sp³-hybridized carbons (Fsp3) is 0.412. The Labute approximate surface area is 144 Å². The standard InChI is InChI=1S/C17H20N4O2S/c1-2-22-15-4-3-13(23-15)11-20-6-8-21(9-7-20)16-14-5-10-24-17(14)19-12-18-16/h3-5,10,12H,2,6-9,11H2,1H3. The molecule has 24 heavy (non-hydrogen) atoms. The van der Waals surface area contributed by atoms with Crippen molar-refractivity contribution in [2.45, 2.75) is 13.5 Å². The Morgan fingerprint density at radius 2 is 2.04 bits per heavy atom. The second kappa shape index (κ2) is 6.78. The van der Waals surface area contributed by atoms with Gasteiger partial charge in [0.1, 0.15) is 22.7 Å². The lowest BCUT2D eigenvalue weighted by molar-refractivity contribution is 0.207. The molecule has 0 aromatic carbocycles. The van der Waals surface area contributed by atoms with E-state index in [1.165, 1.54) is 0 Å². The first-order valence-corrected chi connectivity index (χ1v) is 9.08. The van der Waals surface area contributed by atoms with Gasteiger partial charge in [0.25, 0.3) is 5.95 Å². The lowest BCUT2D eigenvalue weighted by atomic mass is 10.2. The van der Waals surface area contributed by atoms with Gasteiger partial charge in [-0.3, -0.25) is 4.90 Å². The maximum absolute atomic E-state index is 5.69. The van der Waals surface area contributed by atoms with E-state index in [4.69, 9.17) is 9.15 Å². The number of nitrogens with zero attached hydrogens (tertiary/aromatic N) is 4. The first-order valence-electron chi connectivity index (χ1n) is 8.20. The first kappa shape index (κ1) is 15.4. The number of anilines is 1. The molecular weight excluding hydrogens is 324 g/mol. The fourth-order valence-electron chi connectivity index (χ4n) is 3.03. The predicted molar refractivity (Wildman–Crippen MR) is 94.8 cm³/mol. The molecule has 0 amide bonds. The number of furan rings is 1. The van der Waals surface area contributed by atoms with Gasteiger partial charge in [-0.1, -0.05) is 0 Å². The van der Waals surface area contributed by atoms with Crippen molar-refractivity contribution in [3.05, 3.63) is 35.7 Å². The number of hydrogen-bond acceptors (Lipinski definition) is 7. The topological polar surface area (TPSA) is 54.6 Å². The Kier molecular flexibility index (Phi) is 4.36. The Hall–Kier alpha value is -2.12. The van der Waals surface area contributed by atoms with Crippen LogP contribution in [0.1, 0.15) is 12.7 Å². The molecule has 7 heteroatoms. The minimum atomic E-state index is 0.604. The van der Waals surface area contributed by atoms with E-state index in [0.29, 0.717) is 12.6 Å². The summed E-state index contributed by atoms with van der Waals surface area (Å²) in [5.74, 6) is 2.61. The third kappa shape index (κ3) is 3.09. The van der Waals surface area contributed by atoms with Gasteiger partial charge in [-0.05, 0) is 24.4 Å². The molecule has 126 valence electrons. The van der Waals surface area contributed by atoms with Crippen molar-refractivity contribution in [2.24, 2.45) is 0 Å². The van der Waals surface area contributed by atoms with E-state index in [1.807, 2.05) is 19.1 Å². The van der Waals surface area contributed by atoms with Crippen LogP contribution in [0.15, 0.2) is 34.3 Å². The van der Waals surface area contributed by atoms with Gasteiger partial charge < -0.3 is 14.1 Å². The molecule has 0 spiro atoms. The van der Waals surface area contributed by atoms with Gasteiger partial charge in [0.15, 0.2) is 0 Å². The van der Waals surface area contributed by atoms with Crippen molar-refractivity contribution in [3.8, 4) is 5.95 Å². The van der Waals surface area contributed by atoms with Crippen LogP contribution < -0.4 is 9.64 Å². The summed E-state index contributed by atoms with van der Waals surface area (Å²) in [4.78, 5) is 14.6. The zero-order valence-corrected chi connectivity index (χ0v) is 14.5. The van der Waals surface area contributed by atoms with Crippen LogP contribution in [0.2, 0.25) is 0 Å². The number of rotatable bonds is 5. The highest BCUT2D eigenvalue weighted by molar-refractivity contribution is 7.16. The molecule has 0 N–H and O–H groups in total. The van der Waals surface area contributed by atoms with Crippen LogP contribution in [-0.4, -0.2) is 47.7 Å². The summed E-state index contributed by atoms with van der Waals surface area (Å²) in [6, 6.07) is 6.00. The largest absolute Gasteiger partial charge is 0.465 e. The summed E-state index contributed by atoms with van der Waals surface area (Å²) in [5.41, 5.74) is 0. The second-order valence-electron chi connectivity index (χ2n) is 5.75.